The number of rotatable bonds is 4. The summed E-state index contributed by atoms with van der Waals surface area (Å²) in [6, 6.07) is 41.0. The van der Waals surface area contributed by atoms with Gasteiger partial charge in [-0.25, -0.2) is 0 Å². The van der Waals surface area contributed by atoms with E-state index in [1.54, 1.807) is 0 Å². The molecule has 7 rings (SSSR count). The summed E-state index contributed by atoms with van der Waals surface area (Å²) in [5.74, 6) is 0. The first-order chi connectivity index (χ1) is 20.0. The lowest BCUT2D eigenvalue weighted by molar-refractivity contribution is 0.119. The highest BCUT2D eigenvalue weighted by atomic mass is 35.5. The number of fused-ring (bicyclic) bond motifs is 2. The van der Waals surface area contributed by atoms with Crippen LogP contribution in [0.2, 0.25) is 10.0 Å². The number of benzene rings is 5. The zero-order valence-electron chi connectivity index (χ0n) is 22.4. The highest BCUT2D eigenvalue weighted by Crippen LogP contribution is 2.59. The van der Waals surface area contributed by atoms with Gasteiger partial charge in [0.05, 0.1) is 5.41 Å². The van der Waals surface area contributed by atoms with E-state index < -0.39 is 11.0 Å². The van der Waals surface area contributed by atoms with Crippen LogP contribution in [0.4, 0.5) is 0 Å². The van der Waals surface area contributed by atoms with E-state index in [1.165, 1.54) is 11.1 Å². The van der Waals surface area contributed by atoms with Crippen molar-refractivity contribution in [1.29, 1.82) is 0 Å². The predicted molar refractivity (Wildman–Crippen MR) is 170 cm³/mol. The van der Waals surface area contributed by atoms with Crippen LogP contribution in [0.5, 0.6) is 0 Å². The highest BCUT2D eigenvalue weighted by Gasteiger charge is 2.53. The van der Waals surface area contributed by atoms with Crippen molar-refractivity contribution in [3.63, 3.8) is 0 Å². The lowest BCUT2D eigenvalue weighted by Crippen LogP contribution is -2.45. The smallest absolute Gasteiger partial charge is 0.141 e. The molecule has 0 heterocycles. The summed E-state index contributed by atoms with van der Waals surface area (Å²) >= 11 is 12.9. The average molecular weight is 572 g/mol. The molecular weight excluding hydrogens is 543 g/mol. The van der Waals surface area contributed by atoms with Gasteiger partial charge >= 0.3 is 0 Å². The fourth-order valence-electron chi connectivity index (χ4n) is 6.97. The van der Waals surface area contributed by atoms with Crippen molar-refractivity contribution < 1.29 is 5.11 Å². The minimum atomic E-state index is -1.46. The molecule has 0 atom stereocenters. The van der Waals surface area contributed by atoms with Crippen LogP contribution in [0.1, 0.15) is 46.2 Å². The summed E-state index contributed by atoms with van der Waals surface area (Å²) in [5.41, 5.74) is 6.96. The van der Waals surface area contributed by atoms with Gasteiger partial charge < -0.3 is 5.11 Å². The normalized spacial score (nSPS) is 21.1. The fraction of sp³-hybridized carbons (Fsp3) is 0.105. The second-order valence-electron chi connectivity index (χ2n) is 10.8. The topological polar surface area (TPSA) is 20.2 Å². The van der Waals surface area contributed by atoms with Gasteiger partial charge in [-0.3, -0.25) is 0 Å². The number of aliphatic hydroxyl groups is 1. The summed E-state index contributed by atoms with van der Waals surface area (Å²) in [5, 5.41) is 14.6. The molecule has 0 fully saturated rings. The van der Waals surface area contributed by atoms with Crippen molar-refractivity contribution in [2.45, 2.75) is 23.9 Å². The highest BCUT2D eigenvalue weighted by molar-refractivity contribution is 6.31. The van der Waals surface area contributed by atoms with Gasteiger partial charge in [0.2, 0.25) is 0 Å². The van der Waals surface area contributed by atoms with Gasteiger partial charge in [0.25, 0.3) is 0 Å². The molecule has 0 bridgehead atoms. The average Bonchev–Trinajstić information content (AvgIpc) is 3.03. The summed E-state index contributed by atoms with van der Waals surface area (Å²) in [6.45, 7) is 0. The minimum absolute atomic E-state index is 0.565. The number of hydrogen-bond acceptors (Lipinski definition) is 1. The molecule has 2 aliphatic carbocycles. The van der Waals surface area contributed by atoms with Crippen molar-refractivity contribution in [3.8, 4) is 11.1 Å². The molecule has 3 heteroatoms. The molecule has 0 aromatic heterocycles. The molecule has 0 unspecified atom stereocenters. The number of allylic oxidation sites excluding steroid dienone is 4. The Kier molecular flexibility index (Phi) is 6.47. The Bertz CT molecular complexity index is 1770. The van der Waals surface area contributed by atoms with Crippen LogP contribution in [0, 0.1) is 0 Å². The van der Waals surface area contributed by atoms with E-state index in [-0.39, 0.29) is 0 Å². The maximum Gasteiger partial charge on any atom is 0.141 e. The van der Waals surface area contributed by atoms with Crippen molar-refractivity contribution in [2.75, 3.05) is 0 Å². The van der Waals surface area contributed by atoms with Crippen molar-refractivity contribution in [3.05, 3.63) is 189 Å². The second kappa shape index (κ2) is 10.2. The molecule has 1 nitrogen and oxygen atoms in total. The first kappa shape index (κ1) is 26.0. The molecule has 41 heavy (non-hydrogen) atoms. The zero-order valence-corrected chi connectivity index (χ0v) is 23.9. The summed E-state index contributed by atoms with van der Waals surface area (Å²) in [6.07, 6.45) is 8.57. The molecule has 0 radical (unpaired) electrons. The van der Waals surface area contributed by atoms with Gasteiger partial charge in [0, 0.05) is 15.6 Å². The Labute approximate surface area is 251 Å². The fourth-order valence-corrected chi connectivity index (χ4v) is 7.27. The molecule has 0 amide bonds. The summed E-state index contributed by atoms with van der Waals surface area (Å²) in [7, 11) is 0. The van der Waals surface area contributed by atoms with E-state index >= 15 is 0 Å². The van der Waals surface area contributed by atoms with Crippen molar-refractivity contribution >= 4 is 23.2 Å². The maximum absolute atomic E-state index is 13.3. The van der Waals surface area contributed by atoms with E-state index in [0.717, 1.165) is 51.8 Å². The standard InChI is InChI=1S/C38H28Cl2O/c39-29-21-19-26(20-22-29)31-24-23-30(40)25-36(31)38(41)34-17-9-7-15-32(34)37(27-11-3-1-4-12-27,28-13-5-2-6-14-28)33-16-8-10-18-35(33)38/h1-5,7-13,15-25,41H,6,14H2. The quantitative estimate of drug-likeness (QED) is 0.228. The first-order valence-electron chi connectivity index (χ1n) is 13.9. The van der Waals surface area contributed by atoms with Crippen LogP contribution in [0.3, 0.4) is 0 Å². The van der Waals surface area contributed by atoms with E-state index in [1.807, 2.05) is 54.6 Å². The maximum atomic E-state index is 13.3. The molecule has 0 saturated carbocycles. The molecule has 1 N–H and O–H groups in total. The van der Waals surface area contributed by atoms with Crippen LogP contribution in [0.15, 0.2) is 145 Å². The Hall–Kier alpha value is -3.88. The van der Waals surface area contributed by atoms with Crippen molar-refractivity contribution in [2.24, 2.45) is 0 Å². The van der Waals surface area contributed by atoms with Crippen LogP contribution >= 0.6 is 23.2 Å². The van der Waals surface area contributed by atoms with Gasteiger partial charge in [0.1, 0.15) is 5.60 Å². The van der Waals surface area contributed by atoms with E-state index in [4.69, 9.17) is 23.2 Å². The van der Waals surface area contributed by atoms with Gasteiger partial charge in [-0.15, -0.1) is 0 Å². The Morgan fingerprint density at radius 1 is 0.585 bits per heavy atom. The SMILES string of the molecule is OC1(c2cc(Cl)ccc2-c2ccc(Cl)cc2)c2ccccc2C(C2=CC=CCC2)(c2ccccc2)c2ccccc21. The van der Waals surface area contributed by atoms with Gasteiger partial charge in [-0.05, 0) is 76.1 Å². The van der Waals surface area contributed by atoms with Gasteiger partial charge in [-0.2, -0.15) is 0 Å². The molecule has 2 aliphatic rings. The van der Waals surface area contributed by atoms with Crippen molar-refractivity contribution in [1.82, 2.24) is 0 Å². The minimum Gasteiger partial charge on any atom is -0.376 e. The summed E-state index contributed by atoms with van der Waals surface area (Å²) in [4.78, 5) is 0. The Morgan fingerprint density at radius 3 is 1.78 bits per heavy atom. The van der Waals surface area contributed by atoms with Gasteiger partial charge in [0.15, 0.2) is 0 Å². The largest absolute Gasteiger partial charge is 0.376 e. The zero-order chi connectivity index (χ0) is 28.0. The lowest BCUT2D eigenvalue weighted by atomic mass is 9.54. The number of hydrogen-bond donors (Lipinski definition) is 1. The molecule has 5 aromatic rings. The first-order valence-corrected chi connectivity index (χ1v) is 14.7. The lowest BCUT2D eigenvalue weighted by Gasteiger charge is -2.49. The third kappa shape index (κ3) is 3.95. The Balaban J connectivity index is 1.62. The van der Waals surface area contributed by atoms with Crippen LogP contribution in [0.25, 0.3) is 11.1 Å². The third-order valence-corrected chi connectivity index (χ3v) is 9.16. The van der Waals surface area contributed by atoms with E-state index in [2.05, 4.69) is 85.0 Å². The number of halogens is 2. The molecule has 0 spiro atoms. The monoisotopic (exact) mass is 570 g/mol. The molecule has 0 saturated heterocycles. The van der Waals surface area contributed by atoms with Gasteiger partial charge in [-0.1, -0.05) is 144 Å². The molecule has 5 aromatic carbocycles. The molecule has 0 aliphatic heterocycles. The third-order valence-electron chi connectivity index (χ3n) is 8.67. The van der Waals surface area contributed by atoms with E-state index in [9.17, 15) is 5.11 Å². The summed E-state index contributed by atoms with van der Waals surface area (Å²) < 4.78 is 0. The van der Waals surface area contributed by atoms with Crippen LogP contribution in [-0.2, 0) is 11.0 Å². The Morgan fingerprint density at radius 2 is 1.17 bits per heavy atom. The second-order valence-corrected chi connectivity index (χ2v) is 11.6. The van der Waals surface area contributed by atoms with Crippen LogP contribution < -0.4 is 0 Å². The predicted octanol–water partition coefficient (Wildman–Crippen LogP) is 9.87. The molecule has 200 valence electrons. The van der Waals surface area contributed by atoms with Crippen LogP contribution in [-0.4, -0.2) is 5.11 Å². The molecular formula is C38H28Cl2O. The van der Waals surface area contributed by atoms with E-state index in [0.29, 0.717) is 10.0 Å².